The lowest BCUT2D eigenvalue weighted by Gasteiger charge is -2.32. The molecule has 1 aromatic carbocycles. The first-order chi connectivity index (χ1) is 20.5. The largest absolute Gasteiger partial charge is 0.573 e. The Morgan fingerprint density at radius 2 is 1.53 bits per heavy atom. The topological polar surface area (TPSA) is 140 Å². The van der Waals surface area contributed by atoms with Crippen LogP contribution in [0.25, 0.3) is 11.2 Å². The van der Waals surface area contributed by atoms with E-state index in [2.05, 4.69) is 19.9 Å². The lowest BCUT2D eigenvalue weighted by atomic mass is 9.92. The number of sulfonamides is 1. The van der Waals surface area contributed by atoms with Crippen molar-refractivity contribution in [3.8, 4) is 5.75 Å². The van der Waals surface area contributed by atoms with E-state index in [9.17, 15) is 21.6 Å². The summed E-state index contributed by atoms with van der Waals surface area (Å²) in [7, 11) is -3.88. The molecule has 2 saturated carbocycles. The van der Waals surface area contributed by atoms with Gasteiger partial charge < -0.3 is 25.7 Å². The van der Waals surface area contributed by atoms with Crippen molar-refractivity contribution in [1.29, 1.82) is 0 Å². The van der Waals surface area contributed by atoms with E-state index in [1.54, 1.807) is 0 Å². The molecule has 234 valence electrons. The lowest BCUT2D eigenvalue weighted by molar-refractivity contribution is -0.274. The van der Waals surface area contributed by atoms with E-state index in [1.807, 2.05) is 6.33 Å². The molecular formula is C28H37F3N8O3S. The molecule has 3 aliphatic rings. The minimum absolute atomic E-state index is 0.0516. The molecular weight excluding hydrogens is 585 g/mol. The lowest BCUT2D eigenvalue weighted by Crippen LogP contribution is -2.42. The van der Waals surface area contributed by atoms with Crippen molar-refractivity contribution >= 4 is 33.0 Å². The third kappa shape index (κ3) is 6.83. The number of alkyl halides is 3. The molecule has 4 N–H and O–H groups in total. The van der Waals surface area contributed by atoms with Gasteiger partial charge in [0.25, 0.3) is 0 Å². The predicted octanol–water partition coefficient (Wildman–Crippen LogP) is 4.79. The number of rotatable bonds is 8. The monoisotopic (exact) mass is 622 g/mol. The smallest absolute Gasteiger partial charge is 0.406 e. The van der Waals surface area contributed by atoms with E-state index in [0.29, 0.717) is 36.2 Å². The third-order valence-electron chi connectivity index (χ3n) is 8.73. The Hall–Kier alpha value is -3.17. The summed E-state index contributed by atoms with van der Waals surface area (Å²) in [5.74, 6) is 0.702. The van der Waals surface area contributed by atoms with Crippen molar-refractivity contribution < 1.29 is 26.3 Å². The molecule has 1 saturated heterocycles. The molecule has 0 amide bonds. The standard InChI is InChI=1S/C28H37F3N8O3S/c29-28(30,31)42-22-9-11-23(12-10-22)43(40,41)38-15-13-20(14-16-38)34-25-24-26(39(17-33-24)21-3-1-2-4-21)37-27(36-25)35-19-7-5-18(32)6-8-19/h9-12,17-21H,1-8,13-16,32H2,(H2,34,35,36,37). The summed E-state index contributed by atoms with van der Waals surface area (Å²) in [6.45, 7) is 0.498. The van der Waals surface area contributed by atoms with E-state index in [0.717, 1.165) is 68.4 Å². The number of benzene rings is 1. The normalized spacial score (nSPS) is 23.1. The van der Waals surface area contributed by atoms with E-state index in [-0.39, 0.29) is 36.1 Å². The number of hydrogen-bond acceptors (Lipinski definition) is 9. The number of halogens is 3. The van der Waals surface area contributed by atoms with Crippen LogP contribution in [-0.2, 0) is 10.0 Å². The highest BCUT2D eigenvalue weighted by Gasteiger charge is 2.33. The summed E-state index contributed by atoms with van der Waals surface area (Å²) < 4.78 is 71.2. The van der Waals surface area contributed by atoms with Crippen molar-refractivity contribution in [1.82, 2.24) is 23.8 Å². The van der Waals surface area contributed by atoms with E-state index >= 15 is 0 Å². The summed E-state index contributed by atoms with van der Waals surface area (Å²) >= 11 is 0. The van der Waals surface area contributed by atoms with Gasteiger partial charge in [0.15, 0.2) is 17.0 Å². The van der Waals surface area contributed by atoms with Gasteiger partial charge in [-0.05, 0) is 75.6 Å². The Morgan fingerprint density at radius 3 is 2.19 bits per heavy atom. The third-order valence-corrected chi connectivity index (χ3v) is 10.6. The van der Waals surface area contributed by atoms with Crippen molar-refractivity contribution in [2.75, 3.05) is 23.7 Å². The van der Waals surface area contributed by atoms with Gasteiger partial charge in [-0.3, -0.25) is 0 Å². The number of ether oxygens (including phenoxy) is 1. The maximum atomic E-state index is 13.2. The average Bonchev–Trinajstić information content (AvgIpc) is 3.65. The fourth-order valence-electron chi connectivity index (χ4n) is 6.37. The van der Waals surface area contributed by atoms with Gasteiger partial charge in [-0.1, -0.05) is 12.8 Å². The Labute approximate surface area is 248 Å². The van der Waals surface area contributed by atoms with Crippen LogP contribution < -0.4 is 21.1 Å². The second kappa shape index (κ2) is 12.1. The van der Waals surface area contributed by atoms with Crippen LogP contribution >= 0.6 is 0 Å². The number of piperidine rings is 1. The number of nitrogens with two attached hydrogens (primary N) is 1. The zero-order chi connectivity index (χ0) is 30.2. The van der Waals surface area contributed by atoms with Gasteiger partial charge in [-0.2, -0.15) is 14.3 Å². The molecule has 15 heteroatoms. The van der Waals surface area contributed by atoms with Crippen LogP contribution in [0.4, 0.5) is 24.9 Å². The van der Waals surface area contributed by atoms with Crippen molar-refractivity contribution in [2.45, 2.75) is 99.6 Å². The Kier molecular flexibility index (Phi) is 8.39. The molecule has 0 atom stereocenters. The first-order valence-corrected chi connectivity index (χ1v) is 16.4. The van der Waals surface area contributed by atoms with Crippen LogP contribution in [-0.4, -0.2) is 69.8 Å². The fraction of sp³-hybridized carbons (Fsp3) is 0.607. The number of aromatic nitrogens is 4. The summed E-state index contributed by atoms with van der Waals surface area (Å²) in [6, 6.07) is 5.07. The zero-order valence-electron chi connectivity index (χ0n) is 23.8. The Bertz CT molecular complexity index is 1510. The van der Waals surface area contributed by atoms with Crippen molar-refractivity contribution in [2.24, 2.45) is 5.73 Å². The van der Waals surface area contributed by atoms with Crippen LogP contribution in [0.1, 0.15) is 70.3 Å². The molecule has 43 heavy (non-hydrogen) atoms. The van der Waals surface area contributed by atoms with Crippen LogP contribution in [0.2, 0.25) is 0 Å². The highest BCUT2D eigenvalue weighted by molar-refractivity contribution is 7.89. The zero-order valence-corrected chi connectivity index (χ0v) is 24.6. The molecule has 1 aliphatic heterocycles. The SMILES string of the molecule is NC1CCC(Nc2nc(NC3CCN(S(=O)(=O)c4ccc(OC(F)(F)F)cc4)CC3)c3ncn(C4CCCC4)c3n2)CC1. The van der Waals surface area contributed by atoms with Crippen molar-refractivity contribution in [3.63, 3.8) is 0 Å². The number of imidazole rings is 1. The summed E-state index contributed by atoms with van der Waals surface area (Å²) in [6.07, 6.45) is 6.41. The first-order valence-electron chi connectivity index (χ1n) is 14.9. The number of hydrogen-bond donors (Lipinski definition) is 3. The first kappa shape index (κ1) is 29.9. The number of nitrogens with zero attached hydrogens (tertiary/aromatic N) is 5. The highest BCUT2D eigenvalue weighted by atomic mass is 32.2. The summed E-state index contributed by atoms with van der Waals surface area (Å²) in [5.41, 5.74) is 7.58. The molecule has 0 spiro atoms. The van der Waals surface area contributed by atoms with Crippen molar-refractivity contribution in [3.05, 3.63) is 30.6 Å². The molecule has 2 aliphatic carbocycles. The maximum absolute atomic E-state index is 13.2. The van der Waals surface area contributed by atoms with Gasteiger partial charge in [0.1, 0.15) is 5.75 Å². The van der Waals surface area contributed by atoms with Crippen LogP contribution in [0, 0.1) is 0 Å². The molecule has 0 radical (unpaired) electrons. The molecule has 0 bridgehead atoms. The summed E-state index contributed by atoms with van der Waals surface area (Å²) in [5, 5.41) is 7.04. The van der Waals surface area contributed by atoms with Gasteiger partial charge >= 0.3 is 6.36 Å². The van der Waals surface area contributed by atoms with Crippen LogP contribution in [0.3, 0.4) is 0 Å². The van der Waals surface area contributed by atoms with E-state index in [4.69, 9.17) is 20.7 Å². The molecule has 0 unspecified atom stereocenters. The molecule has 2 aromatic heterocycles. The quantitative estimate of drug-likeness (QED) is 0.324. The number of nitrogens with one attached hydrogen (secondary N) is 2. The Balaban J connectivity index is 1.16. The number of anilines is 2. The van der Waals surface area contributed by atoms with Gasteiger partial charge in [0, 0.05) is 37.3 Å². The van der Waals surface area contributed by atoms with Crippen LogP contribution in [0.5, 0.6) is 5.75 Å². The van der Waals surface area contributed by atoms with E-state index in [1.165, 1.54) is 17.1 Å². The fourth-order valence-corrected chi connectivity index (χ4v) is 7.84. The van der Waals surface area contributed by atoms with Gasteiger partial charge in [0.2, 0.25) is 16.0 Å². The second-order valence-electron chi connectivity index (χ2n) is 11.8. The van der Waals surface area contributed by atoms with E-state index < -0.39 is 22.1 Å². The number of fused-ring (bicyclic) bond motifs is 1. The minimum atomic E-state index is -4.85. The molecule has 3 fully saturated rings. The molecule has 3 heterocycles. The Morgan fingerprint density at radius 1 is 0.884 bits per heavy atom. The minimum Gasteiger partial charge on any atom is -0.406 e. The average molecular weight is 623 g/mol. The predicted molar refractivity (Wildman–Crippen MR) is 155 cm³/mol. The summed E-state index contributed by atoms with van der Waals surface area (Å²) in [4.78, 5) is 14.3. The highest BCUT2D eigenvalue weighted by Crippen LogP contribution is 2.34. The van der Waals surface area contributed by atoms with Crippen LogP contribution in [0.15, 0.2) is 35.5 Å². The van der Waals surface area contributed by atoms with Gasteiger partial charge in [-0.15, -0.1) is 13.2 Å². The van der Waals surface area contributed by atoms with Gasteiger partial charge in [0.05, 0.1) is 11.2 Å². The van der Waals surface area contributed by atoms with Gasteiger partial charge in [-0.25, -0.2) is 13.4 Å². The second-order valence-corrected chi connectivity index (χ2v) is 13.7. The molecule has 6 rings (SSSR count). The molecule has 11 nitrogen and oxygen atoms in total. The maximum Gasteiger partial charge on any atom is 0.573 e. The molecule has 3 aromatic rings.